The minimum Gasteiger partial charge on any atom is -0.508 e. The first kappa shape index (κ1) is 24.0. The van der Waals surface area contributed by atoms with Crippen molar-refractivity contribution >= 4 is 33.3 Å². The highest BCUT2D eigenvalue weighted by Crippen LogP contribution is 2.51. The lowest BCUT2D eigenvalue weighted by Gasteiger charge is -2.34. The second-order valence-electron chi connectivity index (χ2n) is 10.2. The molecule has 6 rings (SSSR count). The van der Waals surface area contributed by atoms with Crippen LogP contribution in [0, 0.1) is 0 Å². The Labute approximate surface area is 215 Å². The number of ether oxygens (including phenoxy) is 1. The van der Waals surface area contributed by atoms with Crippen LogP contribution in [0.3, 0.4) is 0 Å². The Morgan fingerprint density at radius 1 is 0.868 bits per heavy atom. The number of cyclic esters (lactones) is 1. The highest BCUT2D eigenvalue weighted by Gasteiger charge is 2.44. The van der Waals surface area contributed by atoms with E-state index in [1.165, 1.54) is 19.1 Å². The van der Waals surface area contributed by atoms with Gasteiger partial charge in [-0.2, -0.15) is 0 Å². The van der Waals surface area contributed by atoms with Crippen LogP contribution in [-0.2, 0) is 16.8 Å². The Balaban J connectivity index is 1.67. The van der Waals surface area contributed by atoms with Gasteiger partial charge in [-0.15, -0.1) is 0 Å². The summed E-state index contributed by atoms with van der Waals surface area (Å²) in [7, 11) is 0. The van der Waals surface area contributed by atoms with Crippen molar-refractivity contribution in [1.29, 1.82) is 0 Å². The van der Waals surface area contributed by atoms with E-state index in [1.54, 1.807) is 18.2 Å². The summed E-state index contributed by atoms with van der Waals surface area (Å²) in [5.41, 5.74) is -2.15. The molecule has 4 aromatic rings. The lowest BCUT2D eigenvalue weighted by atomic mass is 9.73. The van der Waals surface area contributed by atoms with E-state index in [-0.39, 0.29) is 62.6 Å². The van der Waals surface area contributed by atoms with Gasteiger partial charge in [0.05, 0.1) is 11.1 Å². The second-order valence-corrected chi connectivity index (χ2v) is 10.2. The van der Waals surface area contributed by atoms with Crippen molar-refractivity contribution < 1.29 is 45.0 Å². The van der Waals surface area contributed by atoms with Gasteiger partial charge in [-0.25, -0.2) is 4.79 Å². The van der Waals surface area contributed by atoms with Gasteiger partial charge in [-0.1, -0.05) is 13.0 Å². The highest BCUT2D eigenvalue weighted by molar-refractivity contribution is 6.22. The van der Waals surface area contributed by atoms with Crippen LogP contribution in [0.1, 0.15) is 69.7 Å². The van der Waals surface area contributed by atoms with Crippen molar-refractivity contribution in [3.05, 3.63) is 69.8 Å². The fourth-order valence-electron chi connectivity index (χ4n) is 5.97. The lowest BCUT2D eigenvalue weighted by molar-refractivity contribution is -0.173. The van der Waals surface area contributed by atoms with E-state index < -0.39 is 40.4 Å². The topological polar surface area (TPSA) is 165 Å². The third kappa shape index (κ3) is 3.06. The molecule has 1 heterocycles. The molecule has 0 aromatic heterocycles. The van der Waals surface area contributed by atoms with Gasteiger partial charge in [0.25, 0.3) is 0 Å². The molecule has 0 spiro atoms. The second kappa shape index (κ2) is 7.59. The summed E-state index contributed by atoms with van der Waals surface area (Å²) in [5.74, 6) is -5.10. The van der Waals surface area contributed by atoms with E-state index in [0.717, 1.165) is 6.07 Å². The molecule has 2 aliphatic rings. The molecule has 38 heavy (non-hydrogen) atoms. The monoisotopic (exact) mass is 516 g/mol. The maximum absolute atomic E-state index is 13.4. The number of esters is 1. The van der Waals surface area contributed by atoms with Gasteiger partial charge in [0.2, 0.25) is 11.6 Å². The third-order valence-electron chi connectivity index (χ3n) is 7.65. The van der Waals surface area contributed by atoms with E-state index in [0.29, 0.717) is 17.4 Å². The van der Waals surface area contributed by atoms with E-state index in [9.17, 15) is 40.2 Å². The van der Waals surface area contributed by atoms with Crippen LogP contribution < -0.4 is 0 Å². The summed E-state index contributed by atoms with van der Waals surface area (Å²) < 4.78 is 5.28. The Morgan fingerprint density at radius 3 is 2.29 bits per heavy atom. The number of aliphatic hydroxyl groups is 2. The smallest absolute Gasteiger partial charge is 0.344 e. The maximum Gasteiger partial charge on any atom is 0.344 e. The Hall–Kier alpha value is -4.34. The standard InChI is InChI=1S/C29H24O9/c1-3-6-29(37)11-13-7-12-4-5-15-16(20(12)25(33)21(13)27(35)38-29)10-18-23(24(15)32)26(34)22-17(28(18,2)36)8-14(30)9-19(22)31/h4-5,7-10,30-33,36-37H,3,6,11H2,1-2H3/t28-,29+/m0/s1. The largest absolute Gasteiger partial charge is 0.508 e. The van der Waals surface area contributed by atoms with Gasteiger partial charge in [-0.3, -0.25) is 4.79 Å². The fourth-order valence-corrected chi connectivity index (χ4v) is 5.97. The Bertz CT molecular complexity index is 1750. The first-order valence-corrected chi connectivity index (χ1v) is 12.1. The summed E-state index contributed by atoms with van der Waals surface area (Å²) in [6.45, 7) is 3.21. The van der Waals surface area contributed by atoms with Gasteiger partial charge < -0.3 is 35.4 Å². The first-order valence-electron chi connectivity index (χ1n) is 12.1. The van der Waals surface area contributed by atoms with Crippen LogP contribution in [0.2, 0.25) is 0 Å². The molecule has 0 radical (unpaired) electrons. The number of phenolic OH excluding ortho intramolecular Hbond substituents is 4. The number of benzene rings is 4. The predicted octanol–water partition coefficient (Wildman–Crippen LogP) is 3.82. The van der Waals surface area contributed by atoms with Gasteiger partial charge in [0.15, 0.2) is 0 Å². The highest BCUT2D eigenvalue weighted by atomic mass is 16.7. The van der Waals surface area contributed by atoms with Crippen molar-refractivity contribution in [1.82, 2.24) is 0 Å². The van der Waals surface area contributed by atoms with E-state index >= 15 is 0 Å². The Morgan fingerprint density at radius 2 is 1.58 bits per heavy atom. The van der Waals surface area contributed by atoms with Crippen LogP contribution >= 0.6 is 0 Å². The molecule has 1 aliphatic heterocycles. The molecule has 0 saturated carbocycles. The van der Waals surface area contributed by atoms with Crippen LogP contribution in [0.15, 0.2) is 36.4 Å². The molecular formula is C29H24O9. The van der Waals surface area contributed by atoms with Crippen molar-refractivity contribution in [2.24, 2.45) is 0 Å². The summed E-state index contributed by atoms with van der Waals surface area (Å²) in [6, 6.07) is 8.41. The molecule has 4 aromatic carbocycles. The van der Waals surface area contributed by atoms with Crippen LogP contribution in [0.5, 0.6) is 23.0 Å². The average molecular weight is 517 g/mol. The van der Waals surface area contributed by atoms with Gasteiger partial charge >= 0.3 is 5.97 Å². The molecule has 9 nitrogen and oxygen atoms in total. The predicted molar refractivity (Wildman–Crippen MR) is 136 cm³/mol. The number of hydrogen-bond acceptors (Lipinski definition) is 9. The zero-order chi connectivity index (χ0) is 27.3. The van der Waals surface area contributed by atoms with E-state index in [4.69, 9.17) is 4.74 Å². The average Bonchev–Trinajstić information content (AvgIpc) is 2.81. The first-order chi connectivity index (χ1) is 17.9. The molecular weight excluding hydrogens is 492 g/mol. The summed E-state index contributed by atoms with van der Waals surface area (Å²) in [5, 5.41) is 66.4. The number of carbonyl (C=O) groups is 2. The van der Waals surface area contributed by atoms with Crippen LogP contribution in [-0.4, -0.2) is 48.2 Å². The van der Waals surface area contributed by atoms with E-state index in [2.05, 4.69) is 0 Å². The van der Waals surface area contributed by atoms with Crippen LogP contribution in [0.25, 0.3) is 21.5 Å². The lowest BCUT2D eigenvalue weighted by Crippen LogP contribution is -2.41. The van der Waals surface area contributed by atoms with Gasteiger partial charge in [-0.05, 0) is 53.9 Å². The van der Waals surface area contributed by atoms with Crippen LogP contribution in [0.4, 0.5) is 0 Å². The minimum absolute atomic E-state index is 0.00508. The summed E-state index contributed by atoms with van der Waals surface area (Å²) >= 11 is 0. The quantitative estimate of drug-likeness (QED) is 0.172. The number of aromatic hydroxyl groups is 4. The molecule has 0 unspecified atom stereocenters. The van der Waals surface area contributed by atoms with Crippen molar-refractivity contribution in [2.75, 3.05) is 0 Å². The summed E-state index contributed by atoms with van der Waals surface area (Å²) in [6.07, 6.45) is 0.793. The number of rotatable bonds is 2. The number of phenols is 4. The van der Waals surface area contributed by atoms with Gasteiger partial charge in [0.1, 0.15) is 34.2 Å². The molecule has 2 atom stereocenters. The number of hydrogen-bond donors (Lipinski definition) is 6. The zero-order valence-corrected chi connectivity index (χ0v) is 20.5. The molecule has 0 amide bonds. The number of fused-ring (bicyclic) bond motifs is 6. The molecule has 0 saturated heterocycles. The zero-order valence-electron chi connectivity index (χ0n) is 20.5. The SMILES string of the molecule is CCC[C@]1(O)Cc2cc3ccc4c(O)c5c(cc4c3c(O)c2C(=O)O1)[C@@](C)(O)c1cc(O)cc(O)c1C5=O. The molecule has 0 bridgehead atoms. The van der Waals surface area contributed by atoms with Crippen molar-refractivity contribution in [2.45, 2.75) is 44.5 Å². The third-order valence-corrected chi connectivity index (χ3v) is 7.65. The number of carbonyl (C=O) groups excluding carboxylic acids is 2. The van der Waals surface area contributed by atoms with E-state index in [1.807, 2.05) is 6.92 Å². The van der Waals surface area contributed by atoms with Crippen molar-refractivity contribution in [3.8, 4) is 23.0 Å². The molecule has 6 N–H and O–H groups in total. The fraction of sp³-hybridized carbons (Fsp3) is 0.241. The normalized spacial score (nSPS) is 22.2. The number of ketones is 1. The molecule has 194 valence electrons. The molecule has 1 aliphatic carbocycles. The maximum atomic E-state index is 13.4. The van der Waals surface area contributed by atoms with Gasteiger partial charge in [0, 0.05) is 40.8 Å². The van der Waals surface area contributed by atoms with Crippen molar-refractivity contribution in [3.63, 3.8) is 0 Å². The molecule has 0 fully saturated rings. The Kier molecular flexibility index (Phi) is 4.80. The summed E-state index contributed by atoms with van der Waals surface area (Å²) in [4.78, 5) is 26.3. The molecule has 9 heteroatoms. The minimum atomic E-state index is -1.93.